The minimum absolute atomic E-state index is 0.0319. The zero-order valence-corrected chi connectivity index (χ0v) is 13.1. The van der Waals surface area contributed by atoms with Gasteiger partial charge in [0.25, 0.3) is 0 Å². The van der Waals surface area contributed by atoms with Crippen LogP contribution in [0.5, 0.6) is 11.5 Å². The molecule has 0 fully saturated rings. The summed E-state index contributed by atoms with van der Waals surface area (Å²) in [5.74, 6) is 0.834. The van der Waals surface area contributed by atoms with Gasteiger partial charge in [0.05, 0.1) is 13.2 Å². The van der Waals surface area contributed by atoms with E-state index < -0.39 is 6.10 Å². The van der Waals surface area contributed by atoms with E-state index in [4.69, 9.17) is 4.74 Å². The Hall–Kier alpha value is -1.26. The fourth-order valence-corrected chi connectivity index (χ4v) is 2.22. The summed E-state index contributed by atoms with van der Waals surface area (Å²) in [5.41, 5.74) is 0.904. The maximum Gasteiger partial charge on any atom is 0.124 e. The number of hydrogen-bond acceptors (Lipinski definition) is 4. The van der Waals surface area contributed by atoms with Crippen LogP contribution in [-0.2, 0) is 0 Å². The molecule has 114 valence electrons. The van der Waals surface area contributed by atoms with Gasteiger partial charge in [-0.2, -0.15) is 0 Å². The fraction of sp³-hybridized carbons (Fsp3) is 0.625. The van der Waals surface area contributed by atoms with Crippen molar-refractivity contribution < 1.29 is 14.9 Å². The molecule has 4 nitrogen and oxygen atoms in total. The van der Waals surface area contributed by atoms with Gasteiger partial charge in [0, 0.05) is 24.2 Å². The highest BCUT2D eigenvalue weighted by Gasteiger charge is 2.18. The van der Waals surface area contributed by atoms with Gasteiger partial charge in [-0.1, -0.05) is 26.8 Å². The Balaban J connectivity index is 2.56. The van der Waals surface area contributed by atoms with Gasteiger partial charge < -0.3 is 20.3 Å². The predicted octanol–water partition coefficient (Wildman–Crippen LogP) is 2.85. The zero-order chi connectivity index (χ0) is 15.3. The van der Waals surface area contributed by atoms with Gasteiger partial charge in [0.2, 0.25) is 0 Å². The molecule has 0 bridgehead atoms. The van der Waals surface area contributed by atoms with E-state index in [1.807, 2.05) is 19.1 Å². The van der Waals surface area contributed by atoms with Gasteiger partial charge in [-0.3, -0.25) is 0 Å². The third kappa shape index (κ3) is 5.39. The summed E-state index contributed by atoms with van der Waals surface area (Å²) in [4.78, 5) is 0. The monoisotopic (exact) mass is 281 g/mol. The molecule has 1 aromatic rings. The molecule has 0 aliphatic rings. The number of aliphatic hydroxyl groups is 1. The van der Waals surface area contributed by atoms with Crippen LogP contribution in [0, 0.1) is 5.41 Å². The normalized spacial score (nSPS) is 14.9. The topological polar surface area (TPSA) is 61.7 Å². The molecule has 1 rings (SSSR count). The third-order valence-corrected chi connectivity index (χ3v) is 3.21. The van der Waals surface area contributed by atoms with Crippen LogP contribution in [0.25, 0.3) is 0 Å². The lowest BCUT2D eigenvalue weighted by Crippen LogP contribution is -2.31. The first kappa shape index (κ1) is 16.8. The Morgan fingerprint density at radius 3 is 2.45 bits per heavy atom. The Bertz CT molecular complexity index is 426. The van der Waals surface area contributed by atoms with Crippen molar-refractivity contribution in [1.29, 1.82) is 0 Å². The molecule has 0 amide bonds. The first-order valence-corrected chi connectivity index (χ1v) is 7.01. The van der Waals surface area contributed by atoms with Gasteiger partial charge in [0.1, 0.15) is 11.5 Å². The first-order valence-electron chi connectivity index (χ1n) is 7.01. The molecule has 0 aliphatic heterocycles. The molecule has 0 heterocycles. The van der Waals surface area contributed by atoms with Crippen LogP contribution in [0.2, 0.25) is 0 Å². The molecule has 1 aromatic carbocycles. The molecule has 0 radical (unpaired) electrons. The molecule has 20 heavy (non-hydrogen) atoms. The molecule has 2 atom stereocenters. The summed E-state index contributed by atoms with van der Waals surface area (Å²) >= 11 is 0. The average molecular weight is 281 g/mol. The molecule has 0 spiro atoms. The quantitative estimate of drug-likeness (QED) is 0.750. The number of aromatic hydroxyl groups is 1. The lowest BCUT2D eigenvalue weighted by molar-refractivity contribution is 0.117. The van der Waals surface area contributed by atoms with E-state index in [0.717, 1.165) is 12.0 Å². The Morgan fingerprint density at radius 1 is 1.30 bits per heavy atom. The number of phenols is 1. The molecule has 0 saturated heterocycles. The van der Waals surface area contributed by atoms with Crippen molar-refractivity contribution in [2.45, 2.75) is 46.3 Å². The molecule has 0 aromatic heterocycles. The smallest absolute Gasteiger partial charge is 0.124 e. The second-order valence-electron chi connectivity index (χ2n) is 6.47. The number of rotatable bonds is 6. The Kier molecular flexibility index (Phi) is 5.84. The largest absolute Gasteiger partial charge is 0.507 e. The van der Waals surface area contributed by atoms with Crippen molar-refractivity contribution in [3.05, 3.63) is 23.8 Å². The number of phenolic OH excluding ortho intramolecular Hbond substituents is 1. The van der Waals surface area contributed by atoms with Crippen LogP contribution in [0.15, 0.2) is 18.2 Å². The van der Waals surface area contributed by atoms with E-state index in [9.17, 15) is 10.2 Å². The Morgan fingerprint density at radius 2 is 1.95 bits per heavy atom. The molecule has 0 aliphatic carbocycles. The number of methoxy groups -OCH3 is 1. The van der Waals surface area contributed by atoms with Gasteiger partial charge in [0.15, 0.2) is 0 Å². The lowest BCUT2D eigenvalue weighted by Gasteiger charge is -2.24. The summed E-state index contributed by atoms with van der Waals surface area (Å²) in [6.07, 6.45) is 0.347. The molecular formula is C16H27NO3. The predicted molar refractivity (Wildman–Crippen MR) is 81.2 cm³/mol. The van der Waals surface area contributed by atoms with Crippen molar-refractivity contribution in [1.82, 2.24) is 5.32 Å². The van der Waals surface area contributed by atoms with Crippen molar-refractivity contribution in [3.8, 4) is 11.5 Å². The summed E-state index contributed by atoms with van der Waals surface area (Å²) in [5, 5.41) is 23.2. The van der Waals surface area contributed by atoms with Gasteiger partial charge in [-0.25, -0.2) is 0 Å². The summed E-state index contributed by atoms with van der Waals surface area (Å²) < 4.78 is 5.06. The van der Waals surface area contributed by atoms with Crippen molar-refractivity contribution in [3.63, 3.8) is 0 Å². The number of aliphatic hydroxyl groups excluding tert-OH is 1. The summed E-state index contributed by atoms with van der Waals surface area (Å²) in [7, 11) is 1.57. The van der Waals surface area contributed by atoms with Crippen molar-refractivity contribution >= 4 is 0 Å². The van der Waals surface area contributed by atoms with Crippen LogP contribution in [-0.4, -0.2) is 30.0 Å². The highest BCUT2D eigenvalue weighted by atomic mass is 16.5. The van der Waals surface area contributed by atoms with Gasteiger partial charge >= 0.3 is 0 Å². The SMILES string of the molecule is COc1ccc(C(C)NCC(O)CC(C)(C)C)c(O)c1. The van der Waals surface area contributed by atoms with Crippen LogP contribution in [0.4, 0.5) is 0 Å². The van der Waals surface area contributed by atoms with Crippen molar-refractivity contribution in [2.24, 2.45) is 5.41 Å². The van der Waals surface area contributed by atoms with E-state index in [-0.39, 0.29) is 17.2 Å². The number of ether oxygens (including phenoxy) is 1. The van der Waals surface area contributed by atoms with E-state index in [0.29, 0.717) is 12.3 Å². The van der Waals surface area contributed by atoms with Crippen LogP contribution >= 0.6 is 0 Å². The van der Waals surface area contributed by atoms with E-state index in [1.165, 1.54) is 0 Å². The van der Waals surface area contributed by atoms with Crippen LogP contribution in [0.3, 0.4) is 0 Å². The van der Waals surface area contributed by atoms with Gasteiger partial charge in [-0.05, 0) is 24.8 Å². The molecular weight excluding hydrogens is 254 g/mol. The lowest BCUT2D eigenvalue weighted by atomic mass is 9.89. The van der Waals surface area contributed by atoms with Crippen LogP contribution < -0.4 is 10.1 Å². The summed E-state index contributed by atoms with van der Waals surface area (Å²) in [6.45, 7) is 8.79. The average Bonchev–Trinajstić information content (AvgIpc) is 2.33. The maximum atomic E-state index is 9.99. The minimum Gasteiger partial charge on any atom is -0.507 e. The highest BCUT2D eigenvalue weighted by molar-refractivity contribution is 5.41. The van der Waals surface area contributed by atoms with Crippen LogP contribution in [0.1, 0.15) is 45.7 Å². The molecule has 0 saturated carbocycles. The molecule has 3 N–H and O–H groups in total. The van der Waals surface area contributed by atoms with Gasteiger partial charge in [-0.15, -0.1) is 0 Å². The second-order valence-corrected chi connectivity index (χ2v) is 6.47. The van der Waals surface area contributed by atoms with E-state index in [1.54, 1.807) is 13.2 Å². The number of benzene rings is 1. The highest BCUT2D eigenvalue weighted by Crippen LogP contribution is 2.28. The third-order valence-electron chi connectivity index (χ3n) is 3.21. The van der Waals surface area contributed by atoms with Crippen molar-refractivity contribution in [2.75, 3.05) is 13.7 Å². The fourth-order valence-electron chi connectivity index (χ4n) is 2.22. The Labute approximate surface area is 121 Å². The molecule has 2 unspecified atom stereocenters. The standard InChI is InChI=1S/C16H27NO3/c1-11(17-10-12(18)9-16(2,3)4)14-7-6-13(20-5)8-15(14)19/h6-8,11-12,17-19H,9-10H2,1-5H3. The second kappa shape index (κ2) is 6.95. The zero-order valence-electron chi connectivity index (χ0n) is 13.1. The minimum atomic E-state index is -0.391. The van der Waals surface area contributed by atoms with E-state index in [2.05, 4.69) is 26.1 Å². The summed E-state index contributed by atoms with van der Waals surface area (Å²) in [6, 6.07) is 5.22. The molecule has 4 heteroatoms. The maximum absolute atomic E-state index is 9.99. The van der Waals surface area contributed by atoms with E-state index >= 15 is 0 Å². The number of hydrogen-bond donors (Lipinski definition) is 3. The number of nitrogens with one attached hydrogen (secondary N) is 1. The first-order chi connectivity index (χ1) is 9.23.